The summed E-state index contributed by atoms with van der Waals surface area (Å²) in [5.41, 5.74) is 0. The molecular formula is C4H12O9S2. The molecule has 9 nitrogen and oxygen atoms in total. The fourth-order valence-corrected chi connectivity index (χ4v) is 1.20. The summed E-state index contributed by atoms with van der Waals surface area (Å²) in [5.74, 6) is 0. The first-order valence-corrected chi connectivity index (χ1v) is 6.23. The molecule has 0 aliphatic carbocycles. The van der Waals surface area contributed by atoms with E-state index in [0.29, 0.717) is 0 Å². The lowest BCUT2D eigenvalue weighted by atomic mass is 10.3. The van der Waals surface area contributed by atoms with Crippen molar-refractivity contribution in [3.05, 3.63) is 0 Å². The van der Waals surface area contributed by atoms with Crippen molar-refractivity contribution in [3.63, 3.8) is 0 Å². The van der Waals surface area contributed by atoms with Gasteiger partial charge < -0.3 is 10.2 Å². The van der Waals surface area contributed by atoms with Crippen LogP contribution in [0.5, 0.6) is 0 Å². The van der Waals surface area contributed by atoms with E-state index >= 15 is 0 Å². The van der Waals surface area contributed by atoms with Gasteiger partial charge in [-0.2, -0.15) is 16.8 Å². The van der Waals surface area contributed by atoms with E-state index in [1.165, 1.54) is 0 Å². The Bertz CT molecular complexity index is 293. The van der Waals surface area contributed by atoms with Crippen molar-refractivity contribution in [1.82, 2.24) is 0 Å². The Morgan fingerprint density at radius 3 is 1.13 bits per heavy atom. The van der Waals surface area contributed by atoms with Crippen molar-refractivity contribution in [2.75, 3.05) is 13.2 Å². The van der Waals surface area contributed by atoms with Gasteiger partial charge in [-0.15, -0.1) is 3.63 Å². The monoisotopic (exact) mass is 268 g/mol. The smallest absolute Gasteiger partial charge is 0.396 e. The van der Waals surface area contributed by atoms with E-state index in [2.05, 4.69) is 3.63 Å². The summed E-state index contributed by atoms with van der Waals surface area (Å²) in [6.07, 6.45) is 1.44. The van der Waals surface area contributed by atoms with Gasteiger partial charge in [0, 0.05) is 13.2 Å². The molecule has 11 heteroatoms. The first-order chi connectivity index (χ1) is 6.62. The number of aliphatic hydroxyl groups is 2. The number of aliphatic hydroxyl groups excluding tert-OH is 2. The zero-order valence-electron chi connectivity index (χ0n) is 7.48. The van der Waals surface area contributed by atoms with Crippen LogP contribution < -0.4 is 0 Å². The fourth-order valence-electron chi connectivity index (χ4n) is 0.332. The van der Waals surface area contributed by atoms with E-state index in [0.717, 1.165) is 12.8 Å². The highest BCUT2D eigenvalue weighted by molar-refractivity contribution is 7.94. The molecule has 0 bridgehead atoms. The normalized spacial score (nSPS) is 11.7. The van der Waals surface area contributed by atoms with Gasteiger partial charge in [-0.05, 0) is 12.8 Å². The molecule has 0 saturated heterocycles. The van der Waals surface area contributed by atoms with E-state index < -0.39 is 20.8 Å². The summed E-state index contributed by atoms with van der Waals surface area (Å²) in [5, 5.41) is 16.2. The number of hydrogen-bond donors (Lipinski definition) is 4. The second kappa shape index (κ2) is 7.92. The Hall–Kier alpha value is -0.300. The molecule has 0 atom stereocenters. The first kappa shape index (κ1) is 17.1. The van der Waals surface area contributed by atoms with Gasteiger partial charge in [-0.3, -0.25) is 9.11 Å². The summed E-state index contributed by atoms with van der Waals surface area (Å²) in [6.45, 7) is 0.390. The van der Waals surface area contributed by atoms with Gasteiger partial charge in [-0.1, -0.05) is 0 Å². The van der Waals surface area contributed by atoms with Crippen LogP contribution in [0, 0.1) is 0 Å². The Labute approximate surface area is 87.2 Å². The van der Waals surface area contributed by atoms with Crippen LogP contribution in [0.1, 0.15) is 12.8 Å². The molecule has 0 spiro atoms. The summed E-state index contributed by atoms with van der Waals surface area (Å²) < 4.78 is 55.6. The third-order valence-electron chi connectivity index (χ3n) is 0.738. The minimum absolute atomic E-state index is 0.195. The molecule has 0 saturated carbocycles. The SMILES string of the molecule is O=S(=O)(O)OS(=O)(=O)O.OCCCCO. The molecule has 0 amide bonds. The van der Waals surface area contributed by atoms with E-state index in [1.807, 2.05) is 0 Å². The van der Waals surface area contributed by atoms with Crippen LogP contribution in [-0.2, 0) is 24.4 Å². The van der Waals surface area contributed by atoms with Crippen LogP contribution in [0.2, 0.25) is 0 Å². The molecule has 0 aliphatic rings. The zero-order valence-corrected chi connectivity index (χ0v) is 9.11. The minimum atomic E-state index is -5.12. The fraction of sp³-hybridized carbons (Fsp3) is 1.00. The Morgan fingerprint density at radius 1 is 0.800 bits per heavy atom. The highest BCUT2D eigenvalue weighted by Crippen LogP contribution is 1.91. The van der Waals surface area contributed by atoms with Crippen LogP contribution in [0.15, 0.2) is 0 Å². The van der Waals surface area contributed by atoms with Crippen molar-refractivity contribution in [1.29, 1.82) is 0 Å². The Kier molecular flexibility index (Phi) is 9.04. The molecule has 94 valence electrons. The van der Waals surface area contributed by atoms with Gasteiger partial charge in [0.25, 0.3) is 0 Å². The van der Waals surface area contributed by atoms with Gasteiger partial charge in [0.15, 0.2) is 0 Å². The lowest BCUT2D eigenvalue weighted by Crippen LogP contribution is -2.10. The maximum absolute atomic E-state index is 9.44. The van der Waals surface area contributed by atoms with Gasteiger partial charge >= 0.3 is 20.8 Å². The van der Waals surface area contributed by atoms with Gasteiger partial charge in [-0.25, -0.2) is 0 Å². The van der Waals surface area contributed by atoms with Crippen molar-refractivity contribution >= 4 is 20.8 Å². The predicted octanol–water partition coefficient (Wildman–Crippen LogP) is -1.64. The lowest BCUT2D eigenvalue weighted by Gasteiger charge is -1.89. The first-order valence-electron chi connectivity index (χ1n) is 3.50. The van der Waals surface area contributed by atoms with Crippen LogP contribution in [0.4, 0.5) is 0 Å². The van der Waals surface area contributed by atoms with Crippen LogP contribution >= 0.6 is 0 Å². The maximum Gasteiger partial charge on any atom is 0.413 e. The second-order valence-electron chi connectivity index (χ2n) is 2.08. The summed E-state index contributed by atoms with van der Waals surface area (Å²) in [4.78, 5) is 0. The average Bonchev–Trinajstić information content (AvgIpc) is 1.94. The molecule has 0 fully saturated rings. The largest absolute Gasteiger partial charge is 0.413 e. The molecule has 0 aromatic carbocycles. The van der Waals surface area contributed by atoms with Crippen LogP contribution in [0.25, 0.3) is 0 Å². The molecule has 0 radical (unpaired) electrons. The molecule has 0 aliphatic heterocycles. The molecular weight excluding hydrogens is 256 g/mol. The molecule has 0 heterocycles. The molecule has 0 aromatic heterocycles. The Morgan fingerprint density at radius 2 is 1.07 bits per heavy atom. The standard InChI is InChI=1S/C4H10O2.H2O7S2/c5-3-1-2-4-6;1-8(2,3)7-9(4,5)6/h5-6H,1-4H2;(H,1,2,3)(H,4,5,6). The van der Waals surface area contributed by atoms with Gasteiger partial charge in [0.2, 0.25) is 0 Å². The molecule has 0 rings (SSSR count). The predicted molar refractivity (Wildman–Crippen MR) is 47.6 cm³/mol. The van der Waals surface area contributed by atoms with Crippen LogP contribution in [-0.4, -0.2) is 49.4 Å². The van der Waals surface area contributed by atoms with E-state index in [4.69, 9.17) is 19.3 Å². The van der Waals surface area contributed by atoms with Crippen molar-refractivity contribution < 1.29 is 39.8 Å². The summed E-state index contributed by atoms with van der Waals surface area (Å²) in [6, 6.07) is 0. The lowest BCUT2D eigenvalue weighted by molar-refractivity contribution is 0.242. The van der Waals surface area contributed by atoms with Crippen LogP contribution in [0.3, 0.4) is 0 Å². The highest BCUT2D eigenvalue weighted by Gasteiger charge is 2.15. The van der Waals surface area contributed by atoms with E-state index in [-0.39, 0.29) is 13.2 Å². The zero-order chi connectivity index (χ0) is 12.5. The van der Waals surface area contributed by atoms with Gasteiger partial charge in [0.1, 0.15) is 0 Å². The topological polar surface area (TPSA) is 158 Å². The summed E-state index contributed by atoms with van der Waals surface area (Å²) >= 11 is 0. The average molecular weight is 268 g/mol. The number of hydrogen-bond acceptors (Lipinski definition) is 7. The van der Waals surface area contributed by atoms with Crippen molar-refractivity contribution in [2.45, 2.75) is 12.8 Å². The van der Waals surface area contributed by atoms with E-state index in [1.54, 1.807) is 0 Å². The number of unbranched alkanes of at least 4 members (excludes halogenated alkanes) is 1. The molecule has 4 N–H and O–H groups in total. The highest BCUT2D eigenvalue weighted by atomic mass is 32.3. The minimum Gasteiger partial charge on any atom is -0.396 e. The quantitative estimate of drug-likeness (QED) is 0.338. The maximum atomic E-state index is 9.44. The molecule has 15 heavy (non-hydrogen) atoms. The van der Waals surface area contributed by atoms with Gasteiger partial charge in [0.05, 0.1) is 0 Å². The summed E-state index contributed by atoms with van der Waals surface area (Å²) in [7, 11) is -10.2. The second-order valence-corrected chi connectivity index (χ2v) is 4.33. The Balaban J connectivity index is 0. The van der Waals surface area contributed by atoms with E-state index in [9.17, 15) is 16.8 Å². The third-order valence-corrected chi connectivity index (χ3v) is 2.11. The molecule has 0 aromatic rings. The number of rotatable bonds is 5. The van der Waals surface area contributed by atoms with Crippen molar-refractivity contribution in [2.24, 2.45) is 0 Å². The molecule has 0 unspecified atom stereocenters. The van der Waals surface area contributed by atoms with Crippen molar-refractivity contribution in [3.8, 4) is 0 Å². The third kappa shape index (κ3) is 24.8.